The molecule has 7 heteroatoms. The molecular weight excluding hydrogens is 402 g/mol. The molecule has 3 N–H and O–H groups in total. The van der Waals surface area contributed by atoms with Gasteiger partial charge >= 0.3 is 0 Å². The fourth-order valence-corrected chi connectivity index (χ4v) is 4.46. The van der Waals surface area contributed by atoms with Gasteiger partial charge < -0.3 is 25.4 Å². The first-order chi connectivity index (χ1) is 14.5. The Morgan fingerprint density at radius 1 is 1.10 bits per heavy atom. The summed E-state index contributed by atoms with van der Waals surface area (Å²) in [6, 6.07) is 15.6. The number of aliphatic hydroxyl groups excluding tert-OH is 1. The first-order valence-corrected chi connectivity index (χ1v) is 10.8. The van der Waals surface area contributed by atoms with Crippen molar-refractivity contribution in [3.63, 3.8) is 0 Å². The Morgan fingerprint density at radius 3 is 2.60 bits per heavy atom. The number of amides is 1. The van der Waals surface area contributed by atoms with Crippen LogP contribution in [0, 0.1) is 0 Å². The number of nitrogens with one attached hydrogen (secondary N) is 2. The van der Waals surface area contributed by atoms with E-state index in [-0.39, 0.29) is 12.5 Å². The molecular formula is C23H28ClN3O3. The summed E-state index contributed by atoms with van der Waals surface area (Å²) in [6.07, 6.45) is 0.883. The molecule has 2 aromatic carbocycles. The minimum absolute atomic E-state index is 0.104. The van der Waals surface area contributed by atoms with E-state index in [0.717, 1.165) is 43.6 Å². The van der Waals surface area contributed by atoms with E-state index in [1.54, 1.807) is 6.07 Å². The molecule has 1 unspecified atom stereocenters. The third-order valence-corrected chi connectivity index (χ3v) is 6.13. The number of aliphatic hydroxyl groups is 1. The van der Waals surface area contributed by atoms with Gasteiger partial charge in [-0.25, -0.2) is 0 Å². The van der Waals surface area contributed by atoms with Crippen molar-refractivity contribution in [1.29, 1.82) is 0 Å². The highest BCUT2D eigenvalue weighted by molar-refractivity contribution is 6.31. The van der Waals surface area contributed by atoms with Gasteiger partial charge in [0.05, 0.1) is 0 Å². The van der Waals surface area contributed by atoms with Gasteiger partial charge in [-0.15, -0.1) is 0 Å². The number of carbonyl (C=O) groups excluding carboxylic acids is 1. The lowest BCUT2D eigenvalue weighted by atomic mass is 9.85. The second-order valence-electron chi connectivity index (χ2n) is 8.07. The molecule has 1 atom stereocenters. The Labute approximate surface area is 182 Å². The molecule has 30 heavy (non-hydrogen) atoms. The number of likely N-dealkylation sites (tertiary alicyclic amines) is 1. The molecule has 1 amide bonds. The summed E-state index contributed by atoms with van der Waals surface area (Å²) in [5.74, 6) is 0.744. The monoisotopic (exact) mass is 429 g/mol. The van der Waals surface area contributed by atoms with Crippen LogP contribution in [-0.4, -0.2) is 66.9 Å². The van der Waals surface area contributed by atoms with Gasteiger partial charge in [-0.3, -0.25) is 4.79 Å². The molecule has 2 fully saturated rings. The number of piperidine rings is 1. The number of ether oxygens (including phenoxy) is 1. The van der Waals surface area contributed by atoms with E-state index in [1.165, 1.54) is 0 Å². The van der Waals surface area contributed by atoms with Crippen LogP contribution in [0.15, 0.2) is 48.5 Å². The van der Waals surface area contributed by atoms with E-state index < -0.39 is 11.6 Å². The van der Waals surface area contributed by atoms with Gasteiger partial charge in [0.25, 0.3) is 0 Å². The van der Waals surface area contributed by atoms with Crippen LogP contribution in [0.1, 0.15) is 12.8 Å². The number of nitrogens with zero attached hydrogens (tertiary/aromatic N) is 1. The molecule has 1 spiro atoms. The first-order valence-electron chi connectivity index (χ1n) is 10.5. The number of β-amino-alcohol motifs (C(OH)–C–C–N with tert-alkyl or cyclic N) is 1. The lowest BCUT2D eigenvalue weighted by Gasteiger charge is -2.43. The minimum Gasteiger partial charge on any atom is -0.491 e. The molecule has 0 aliphatic carbocycles. The highest BCUT2D eigenvalue weighted by atomic mass is 35.5. The number of hydrogen-bond acceptors (Lipinski definition) is 5. The van der Waals surface area contributed by atoms with Crippen molar-refractivity contribution in [2.24, 2.45) is 0 Å². The number of benzene rings is 2. The summed E-state index contributed by atoms with van der Waals surface area (Å²) >= 11 is 6.26. The fourth-order valence-electron chi connectivity index (χ4n) is 4.23. The van der Waals surface area contributed by atoms with Crippen LogP contribution in [0.2, 0.25) is 5.02 Å². The van der Waals surface area contributed by atoms with Gasteiger partial charge in [0.1, 0.15) is 24.0 Å². The predicted octanol–water partition coefficient (Wildman–Crippen LogP) is 2.30. The fraction of sp³-hybridized carbons (Fsp3) is 0.435. The van der Waals surface area contributed by atoms with Crippen LogP contribution in [-0.2, 0) is 4.79 Å². The van der Waals surface area contributed by atoms with Crippen molar-refractivity contribution >= 4 is 17.5 Å². The van der Waals surface area contributed by atoms with Crippen molar-refractivity contribution in [3.8, 4) is 16.9 Å². The zero-order valence-electron chi connectivity index (χ0n) is 16.9. The van der Waals surface area contributed by atoms with Crippen LogP contribution in [0.5, 0.6) is 5.75 Å². The normalized spacial score (nSPS) is 20.0. The zero-order chi connectivity index (χ0) is 21.0. The maximum absolute atomic E-state index is 12.2. The van der Waals surface area contributed by atoms with Gasteiger partial charge in [0.15, 0.2) is 0 Å². The zero-order valence-corrected chi connectivity index (χ0v) is 17.7. The maximum Gasteiger partial charge on any atom is 0.240 e. The quantitative estimate of drug-likeness (QED) is 0.657. The molecule has 0 radical (unpaired) electrons. The molecule has 6 nitrogen and oxygen atoms in total. The molecule has 0 aromatic heterocycles. The molecule has 2 aromatic rings. The van der Waals surface area contributed by atoms with Gasteiger partial charge in [0, 0.05) is 37.7 Å². The van der Waals surface area contributed by atoms with Gasteiger partial charge in [0.2, 0.25) is 5.91 Å². The predicted molar refractivity (Wildman–Crippen MR) is 118 cm³/mol. The summed E-state index contributed by atoms with van der Waals surface area (Å²) in [5.41, 5.74) is 1.60. The Hall–Kier alpha value is -2.12. The Kier molecular flexibility index (Phi) is 6.58. The summed E-state index contributed by atoms with van der Waals surface area (Å²) in [5, 5.41) is 17.4. The van der Waals surface area contributed by atoms with E-state index in [1.807, 2.05) is 42.5 Å². The average Bonchev–Trinajstić information content (AvgIpc) is 2.76. The second-order valence-corrected chi connectivity index (χ2v) is 8.51. The van der Waals surface area contributed by atoms with Crippen molar-refractivity contribution in [2.45, 2.75) is 24.5 Å². The van der Waals surface area contributed by atoms with Crippen LogP contribution >= 0.6 is 11.6 Å². The van der Waals surface area contributed by atoms with Crippen LogP contribution < -0.4 is 15.4 Å². The van der Waals surface area contributed by atoms with E-state index in [9.17, 15) is 9.90 Å². The van der Waals surface area contributed by atoms with Gasteiger partial charge in [-0.2, -0.15) is 0 Å². The van der Waals surface area contributed by atoms with Crippen molar-refractivity contribution < 1.29 is 14.6 Å². The van der Waals surface area contributed by atoms with E-state index in [4.69, 9.17) is 16.3 Å². The Balaban J connectivity index is 1.29. The SMILES string of the molecule is O=C1NCCNC12CCN(CC(O)COc1cc(Cl)cc(-c3ccccc3)c1)CC2. The Bertz CT molecular complexity index is 869. The van der Waals surface area contributed by atoms with E-state index in [2.05, 4.69) is 15.5 Å². The molecule has 0 saturated carbocycles. The second kappa shape index (κ2) is 9.35. The summed E-state index contributed by atoms with van der Waals surface area (Å²) in [6.45, 7) is 3.75. The Morgan fingerprint density at radius 2 is 1.87 bits per heavy atom. The number of halogens is 1. The van der Waals surface area contributed by atoms with Gasteiger partial charge in [-0.1, -0.05) is 41.9 Å². The average molecular weight is 430 g/mol. The lowest BCUT2D eigenvalue weighted by Crippen LogP contribution is -2.66. The number of rotatable bonds is 6. The number of piperazine rings is 1. The number of hydrogen-bond donors (Lipinski definition) is 3. The van der Waals surface area contributed by atoms with Gasteiger partial charge in [-0.05, 0) is 42.2 Å². The highest BCUT2D eigenvalue weighted by Crippen LogP contribution is 2.29. The summed E-state index contributed by atoms with van der Waals surface area (Å²) in [7, 11) is 0. The molecule has 2 aliphatic rings. The van der Waals surface area contributed by atoms with Crippen LogP contribution in [0.4, 0.5) is 0 Å². The van der Waals surface area contributed by atoms with Crippen LogP contribution in [0.3, 0.4) is 0 Å². The molecule has 4 rings (SSSR count). The number of carbonyl (C=O) groups is 1. The standard InChI is InChI=1S/C23H28ClN3O3/c24-19-12-18(17-4-2-1-3-5-17)13-21(14-19)30-16-20(28)15-27-10-6-23(7-11-27)22(29)25-8-9-26-23/h1-5,12-14,20,26,28H,6-11,15-16H2,(H,25,29). The molecule has 2 heterocycles. The third-order valence-electron chi connectivity index (χ3n) is 5.91. The lowest BCUT2D eigenvalue weighted by molar-refractivity contribution is -0.131. The van der Waals surface area contributed by atoms with Crippen molar-refractivity contribution in [1.82, 2.24) is 15.5 Å². The third kappa shape index (κ3) is 4.95. The van der Waals surface area contributed by atoms with E-state index in [0.29, 0.717) is 23.9 Å². The van der Waals surface area contributed by atoms with E-state index >= 15 is 0 Å². The molecule has 160 valence electrons. The summed E-state index contributed by atoms with van der Waals surface area (Å²) in [4.78, 5) is 14.4. The maximum atomic E-state index is 12.2. The molecule has 0 bridgehead atoms. The summed E-state index contributed by atoms with van der Waals surface area (Å²) < 4.78 is 5.84. The highest BCUT2D eigenvalue weighted by Gasteiger charge is 2.42. The van der Waals surface area contributed by atoms with Crippen molar-refractivity contribution in [2.75, 3.05) is 39.3 Å². The molecule has 2 saturated heterocycles. The minimum atomic E-state index is -0.619. The largest absolute Gasteiger partial charge is 0.491 e. The molecule has 2 aliphatic heterocycles. The van der Waals surface area contributed by atoms with Crippen molar-refractivity contribution in [3.05, 3.63) is 53.6 Å². The topological polar surface area (TPSA) is 73.8 Å². The van der Waals surface area contributed by atoms with Crippen LogP contribution in [0.25, 0.3) is 11.1 Å². The first kappa shape index (κ1) is 21.1. The smallest absolute Gasteiger partial charge is 0.240 e.